The third-order valence-electron chi connectivity index (χ3n) is 7.38. The number of likely N-dealkylation sites (tertiary alicyclic amines) is 1. The number of aromatic amines is 1. The minimum absolute atomic E-state index is 0.00200. The molecule has 3 aliphatic rings. The molecule has 3 aromatic rings. The van der Waals surface area contributed by atoms with Gasteiger partial charge in [0.2, 0.25) is 11.8 Å². The fourth-order valence-corrected chi connectivity index (χ4v) is 5.45. The van der Waals surface area contributed by atoms with Crippen molar-refractivity contribution in [1.82, 2.24) is 20.1 Å². The summed E-state index contributed by atoms with van der Waals surface area (Å²) in [6.07, 6.45) is 6.65. The van der Waals surface area contributed by atoms with Gasteiger partial charge in [0.25, 0.3) is 0 Å². The quantitative estimate of drug-likeness (QED) is 0.640. The van der Waals surface area contributed by atoms with Gasteiger partial charge in [-0.3, -0.25) is 9.89 Å². The first kappa shape index (κ1) is 20.7. The lowest BCUT2D eigenvalue weighted by atomic mass is 9.90. The molecular formula is C26H30N4O3. The first-order valence-electron chi connectivity index (χ1n) is 12.2. The van der Waals surface area contributed by atoms with Gasteiger partial charge in [-0.05, 0) is 30.9 Å². The van der Waals surface area contributed by atoms with Crippen LogP contribution in [0.4, 0.5) is 0 Å². The molecule has 0 spiro atoms. The van der Waals surface area contributed by atoms with Crippen LogP contribution in [0.2, 0.25) is 0 Å². The maximum absolute atomic E-state index is 13.4. The minimum atomic E-state index is 0.00200. The van der Waals surface area contributed by atoms with Gasteiger partial charge in [-0.2, -0.15) is 5.10 Å². The summed E-state index contributed by atoms with van der Waals surface area (Å²) in [5.41, 5.74) is 3.18. The van der Waals surface area contributed by atoms with E-state index in [1.54, 1.807) is 6.20 Å². The molecule has 0 bridgehead atoms. The highest BCUT2D eigenvalue weighted by Crippen LogP contribution is 2.51. The summed E-state index contributed by atoms with van der Waals surface area (Å²) >= 11 is 0. The van der Waals surface area contributed by atoms with Gasteiger partial charge in [-0.1, -0.05) is 30.3 Å². The van der Waals surface area contributed by atoms with E-state index in [2.05, 4.69) is 44.3 Å². The molecule has 3 fully saturated rings. The highest BCUT2D eigenvalue weighted by Gasteiger charge is 2.48. The zero-order chi connectivity index (χ0) is 22.2. The molecule has 1 saturated carbocycles. The van der Waals surface area contributed by atoms with Crippen molar-refractivity contribution in [1.29, 1.82) is 0 Å². The lowest BCUT2D eigenvalue weighted by Crippen LogP contribution is -2.40. The molecule has 1 N–H and O–H groups in total. The number of nitrogens with zero attached hydrogens (tertiary/aromatic N) is 3. The van der Waals surface area contributed by atoms with Gasteiger partial charge in [0.15, 0.2) is 0 Å². The third kappa shape index (κ3) is 4.10. The van der Waals surface area contributed by atoms with E-state index in [0.717, 1.165) is 75.0 Å². The van der Waals surface area contributed by atoms with Crippen LogP contribution in [-0.4, -0.2) is 58.4 Å². The number of fused-ring (bicyclic) bond motifs is 1. The molecule has 1 aromatic carbocycles. The SMILES string of the molecule is O=C(C1CC1c1n[nH]c2ccnc(OC3CCOCC3)c12)N1CCCC(c2ccccc2)C1. The summed E-state index contributed by atoms with van der Waals surface area (Å²) in [5.74, 6) is 1.46. The molecule has 3 atom stereocenters. The van der Waals surface area contributed by atoms with E-state index in [9.17, 15) is 4.79 Å². The number of rotatable bonds is 5. The van der Waals surface area contributed by atoms with E-state index < -0.39 is 0 Å². The van der Waals surface area contributed by atoms with Crippen LogP contribution in [0.1, 0.15) is 55.2 Å². The van der Waals surface area contributed by atoms with Crippen LogP contribution in [0.3, 0.4) is 0 Å². The molecule has 7 nitrogen and oxygen atoms in total. The summed E-state index contributed by atoms with van der Waals surface area (Å²) in [6.45, 7) is 3.11. The molecule has 172 valence electrons. The zero-order valence-corrected chi connectivity index (χ0v) is 18.8. The second-order valence-corrected chi connectivity index (χ2v) is 9.56. The number of pyridine rings is 1. The largest absolute Gasteiger partial charge is 0.474 e. The average Bonchev–Trinajstić information content (AvgIpc) is 3.55. The number of amides is 1. The van der Waals surface area contributed by atoms with Crippen LogP contribution >= 0.6 is 0 Å². The van der Waals surface area contributed by atoms with Gasteiger partial charge in [0.1, 0.15) is 6.10 Å². The highest BCUT2D eigenvalue weighted by molar-refractivity contribution is 5.90. The Kier molecular flexibility index (Phi) is 5.50. The van der Waals surface area contributed by atoms with Crippen molar-refractivity contribution in [3.05, 3.63) is 53.9 Å². The molecule has 7 heteroatoms. The lowest BCUT2D eigenvalue weighted by molar-refractivity contribution is -0.133. The monoisotopic (exact) mass is 446 g/mol. The number of piperidine rings is 1. The number of ether oxygens (including phenoxy) is 2. The van der Waals surface area contributed by atoms with Gasteiger partial charge >= 0.3 is 0 Å². The molecule has 6 rings (SSSR count). The Morgan fingerprint density at radius 3 is 2.82 bits per heavy atom. The smallest absolute Gasteiger partial charge is 0.226 e. The van der Waals surface area contributed by atoms with E-state index in [1.807, 2.05) is 12.1 Å². The van der Waals surface area contributed by atoms with Crippen molar-refractivity contribution in [3.63, 3.8) is 0 Å². The number of hydrogen-bond acceptors (Lipinski definition) is 5. The predicted octanol–water partition coefficient (Wildman–Crippen LogP) is 4.03. The van der Waals surface area contributed by atoms with Gasteiger partial charge in [0.05, 0.1) is 29.8 Å². The summed E-state index contributed by atoms with van der Waals surface area (Å²) < 4.78 is 11.7. The van der Waals surface area contributed by atoms with Crippen LogP contribution in [-0.2, 0) is 9.53 Å². The van der Waals surface area contributed by atoms with Crippen LogP contribution in [0.25, 0.3) is 10.9 Å². The summed E-state index contributed by atoms with van der Waals surface area (Å²) in [6, 6.07) is 12.5. The predicted molar refractivity (Wildman–Crippen MR) is 124 cm³/mol. The topological polar surface area (TPSA) is 80.3 Å². The van der Waals surface area contributed by atoms with Crippen molar-refractivity contribution in [2.75, 3.05) is 26.3 Å². The molecule has 1 amide bonds. The number of carbonyl (C=O) groups excluding carboxylic acids is 1. The van der Waals surface area contributed by atoms with Crippen molar-refractivity contribution in [2.45, 2.75) is 50.0 Å². The lowest BCUT2D eigenvalue weighted by Gasteiger charge is -2.33. The Bertz CT molecular complexity index is 1130. The Labute approximate surface area is 193 Å². The molecule has 0 radical (unpaired) electrons. The number of H-pyrrole nitrogens is 1. The Balaban J connectivity index is 1.18. The number of benzene rings is 1. The maximum atomic E-state index is 13.4. The Morgan fingerprint density at radius 2 is 1.97 bits per heavy atom. The van der Waals surface area contributed by atoms with Gasteiger partial charge in [-0.25, -0.2) is 4.98 Å². The molecule has 2 aliphatic heterocycles. The number of carbonyl (C=O) groups is 1. The van der Waals surface area contributed by atoms with Crippen molar-refractivity contribution in [3.8, 4) is 5.88 Å². The summed E-state index contributed by atoms with van der Waals surface area (Å²) in [7, 11) is 0. The standard InChI is InChI=1S/C26H30N4O3/c31-26(30-12-4-7-18(16-30)17-5-2-1-3-6-17)21-15-20(21)24-23-22(28-29-24)8-11-27-25(23)33-19-9-13-32-14-10-19/h1-3,5-6,8,11,18-21H,4,7,9-10,12-16H2,(H,28,29). The third-order valence-corrected chi connectivity index (χ3v) is 7.38. The second kappa shape index (κ2) is 8.78. The fourth-order valence-electron chi connectivity index (χ4n) is 5.45. The van der Waals surface area contributed by atoms with Crippen LogP contribution < -0.4 is 4.74 Å². The molecule has 33 heavy (non-hydrogen) atoms. The molecule has 4 heterocycles. The summed E-state index contributed by atoms with van der Waals surface area (Å²) in [4.78, 5) is 20.0. The molecule has 1 aliphatic carbocycles. The number of hydrogen-bond donors (Lipinski definition) is 1. The van der Waals surface area contributed by atoms with E-state index in [-0.39, 0.29) is 23.8 Å². The minimum Gasteiger partial charge on any atom is -0.474 e. The van der Waals surface area contributed by atoms with E-state index >= 15 is 0 Å². The Hall–Kier alpha value is -2.93. The Morgan fingerprint density at radius 1 is 1.12 bits per heavy atom. The normalized spacial score (nSPS) is 25.8. The summed E-state index contributed by atoms with van der Waals surface area (Å²) in [5, 5.41) is 8.68. The molecule has 3 unspecified atom stereocenters. The molecular weight excluding hydrogens is 416 g/mol. The van der Waals surface area contributed by atoms with E-state index in [4.69, 9.17) is 9.47 Å². The van der Waals surface area contributed by atoms with E-state index in [1.165, 1.54) is 5.56 Å². The van der Waals surface area contributed by atoms with Crippen LogP contribution in [0.15, 0.2) is 42.6 Å². The first-order chi connectivity index (χ1) is 16.3. The van der Waals surface area contributed by atoms with Gasteiger partial charge < -0.3 is 14.4 Å². The van der Waals surface area contributed by atoms with Gasteiger partial charge in [0, 0.05) is 49.9 Å². The molecule has 2 saturated heterocycles. The number of nitrogens with one attached hydrogen (secondary N) is 1. The molecule has 2 aromatic heterocycles. The van der Waals surface area contributed by atoms with Crippen molar-refractivity contribution >= 4 is 16.8 Å². The number of aromatic nitrogens is 3. The zero-order valence-electron chi connectivity index (χ0n) is 18.8. The second-order valence-electron chi connectivity index (χ2n) is 9.56. The fraction of sp³-hybridized carbons (Fsp3) is 0.500. The van der Waals surface area contributed by atoms with Crippen LogP contribution in [0.5, 0.6) is 5.88 Å². The van der Waals surface area contributed by atoms with Crippen molar-refractivity contribution < 1.29 is 14.3 Å². The average molecular weight is 447 g/mol. The highest BCUT2D eigenvalue weighted by atomic mass is 16.5. The van der Waals surface area contributed by atoms with Gasteiger partial charge in [-0.15, -0.1) is 0 Å². The maximum Gasteiger partial charge on any atom is 0.226 e. The van der Waals surface area contributed by atoms with Crippen LogP contribution in [0, 0.1) is 5.92 Å². The van der Waals surface area contributed by atoms with E-state index in [0.29, 0.717) is 11.8 Å². The van der Waals surface area contributed by atoms with Crippen molar-refractivity contribution in [2.24, 2.45) is 5.92 Å². The first-order valence-corrected chi connectivity index (χ1v) is 12.2.